The van der Waals surface area contributed by atoms with Crippen LogP contribution in [0.5, 0.6) is 5.75 Å². The van der Waals surface area contributed by atoms with Gasteiger partial charge in [0.1, 0.15) is 17.7 Å². The molecule has 1 nitrogen and oxygen atoms in total. The summed E-state index contributed by atoms with van der Waals surface area (Å²) >= 11 is 0. The summed E-state index contributed by atoms with van der Waals surface area (Å²) in [6.07, 6.45) is 2.90. The first kappa shape index (κ1) is 12.5. The topological polar surface area (TPSA) is 9.23 Å². The highest BCUT2D eigenvalue weighted by molar-refractivity contribution is 5.30. The molecule has 0 radical (unpaired) electrons. The van der Waals surface area contributed by atoms with E-state index < -0.39 is 0 Å². The Labute approximate surface area is 96.3 Å². The number of allylic oxidation sites excluding steroid dienone is 2. The lowest BCUT2D eigenvalue weighted by Crippen LogP contribution is -2.15. The van der Waals surface area contributed by atoms with Gasteiger partial charge in [-0.1, -0.05) is 30.4 Å². The van der Waals surface area contributed by atoms with Crippen LogP contribution < -0.4 is 4.74 Å². The molecule has 16 heavy (non-hydrogen) atoms. The van der Waals surface area contributed by atoms with Crippen molar-refractivity contribution >= 4 is 0 Å². The van der Waals surface area contributed by atoms with Crippen molar-refractivity contribution in [3.63, 3.8) is 0 Å². The summed E-state index contributed by atoms with van der Waals surface area (Å²) in [6, 6.07) is 9.42. The predicted molar refractivity (Wildman–Crippen MR) is 65.2 cm³/mol. The summed E-state index contributed by atoms with van der Waals surface area (Å²) in [5.41, 5.74) is 0.575. The quantitative estimate of drug-likeness (QED) is 0.688. The molecule has 1 aromatic rings. The Balaban J connectivity index is 2.75. The number of rotatable bonds is 4. The van der Waals surface area contributed by atoms with E-state index in [0.717, 1.165) is 5.75 Å². The molecular formula is C14H17FO. The lowest BCUT2D eigenvalue weighted by Gasteiger charge is -2.16. The van der Waals surface area contributed by atoms with Crippen LogP contribution in [0.2, 0.25) is 0 Å². The van der Waals surface area contributed by atoms with Gasteiger partial charge in [0.25, 0.3) is 0 Å². The number of hydrogen-bond donors (Lipinski definition) is 0. The third kappa shape index (κ3) is 3.23. The average molecular weight is 220 g/mol. The number of ether oxygens (including phenoxy) is 1. The molecule has 0 spiro atoms. The van der Waals surface area contributed by atoms with Gasteiger partial charge in [-0.15, -0.1) is 0 Å². The van der Waals surface area contributed by atoms with Crippen LogP contribution in [0, 0.1) is 0 Å². The van der Waals surface area contributed by atoms with Gasteiger partial charge in [-0.2, -0.15) is 0 Å². The van der Waals surface area contributed by atoms with Gasteiger partial charge in [-0.3, -0.25) is 0 Å². The normalized spacial score (nSPS) is 14.8. The van der Waals surface area contributed by atoms with E-state index in [2.05, 4.69) is 0 Å². The second kappa shape index (κ2) is 6.11. The minimum Gasteiger partial charge on any atom is -0.486 e. The Morgan fingerprint density at radius 1 is 1.19 bits per heavy atom. The van der Waals surface area contributed by atoms with Gasteiger partial charge in [-0.25, -0.2) is 4.39 Å². The van der Waals surface area contributed by atoms with E-state index in [9.17, 15) is 4.39 Å². The number of benzene rings is 1. The highest BCUT2D eigenvalue weighted by atomic mass is 19.1. The fourth-order valence-electron chi connectivity index (χ4n) is 1.50. The van der Waals surface area contributed by atoms with E-state index in [1.54, 1.807) is 13.0 Å². The molecule has 0 amide bonds. The highest BCUT2D eigenvalue weighted by Crippen LogP contribution is 2.20. The van der Waals surface area contributed by atoms with E-state index >= 15 is 0 Å². The molecule has 0 aliphatic heterocycles. The second-order valence-electron chi connectivity index (χ2n) is 3.45. The van der Waals surface area contributed by atoms with E-state index in [-0.39, 0.29) is 11.9 Å². The summed E-state index contributed by atoms with van der Waals surface area (Å²) in [7, 11) is 0. The maximum atomic E-state index is 13.5. The Morgan fingerprint density at radius 2 is 1.81 bits per heavy atom. The number of halogens is 1. The second-order valence-corrected chi connectivity index (χ2v) is 3.45. The van der Waals surface area contributed by atoms with Crippen LogP contribution in [-0.4, -0.2) is 6.10 Å². The van der Waals surface area contributed by atoms with Crippen molar-refractivity contribution in [3.8, 4) is 5.75 Å². The van der Waals surface area contributed by atoms with Gasteiger partial charge in [0.2, 0.25) is 0 Å². The van der Waals surface area contributed by atoms with E-state index in [0.29, 0.717) is 5.57 Å². The SMILES string of the molecule is CC=C(F)C(=CC)C(C)Oc1ccccc1. The van der Waals surface area contributed by atoms with E-state index in [1.165, 1.54) is 6.08 Å². The van der Waals surface area contributed by atoms with Gasteiger partial charge in [-0.05, 0) is 32.9 Å². The van der Waals surface area contributed by atoms with Gasteiger partial charge in [0.05, 0.1) is 0 Å². The number of hydrogen-bond acceptors (Lipinski definition) is 1. The van der Waals surface area contributed by atoms with Crippen LogP contribution in [0.15, 0.2) is 53.9 Å². The summed E-state index contributed by atoms with van der Waals surface area (Å²) in [4.78, 5) is 0. The molecule has 1 rings (SSSR count). The molecule has 0 aliphatic rings. The van der Waals surface area contributed by atoms with E-state index in [4.69, 9.17) is 4.74 Å². The maximum Gasteiger partial charge on any atom is 0.125 e. The summed E-state index contributed by atoms with van der Waals surface area (Å²) in [5.74, 6) is 0.518. The molecular weight excluding hydrogens is 203 g/mol. The van der Waals surface area contributed by atoms with Gasteiger partial charge in [0, 0.05) is 5.57 Å². The molecule has 0 aromatic heterocycles. The third-order valence-electron chi connectivity index (χ3n) is 2.33. The maximum absolute atomic E-state index is 13.5. The molecule has 0 fully saturated rings. The van der Waals surface area contributed by atoms with Crippen LogP contribution in [0.4, 0.5) is 4.39 Å². The first-order chi connectivity index (χ1) is 7.69. The van der Waals surface area contributed by atoms with Gasteiger partial charge >= 0.3 is 0 Å². The van der Waals surface area contributed by atoms with Crippen LogP contribution in [0.3, 0.4) is 0 Å². The first-order valence-electron chi connectivity index (χ1n) is 5.39. The predicted octanol–water partition coefficient (Wildman–Crippen LogP) is 4.27. The van der Waals surface area contributed by atoms with Crippen molar-refractivity contribution in [2.75, 3.05) is 0 Å². The Morgan fingerprint density at radius 3 is 2.31 bits per heavy atom. The molecule has 0 aliphatic carbocycles. The lowest BCUT2D eigenvalue weighted by atomic mass is 10.1. The minimum atomic E-state index is -0.288. The van der Waals surface area contributed by atoms with Gasteiger partial charge in [0.15, 0.2) is 0 Å². The Bertz CT molecular complexity index is 379. The lowest BCUT2D eigenvalue weighted by molar-refractivity contribution is 0.255. The monoisotopic (exact) mass is 220 g/mol. The zero-order valence-corrected chi connectivity index (χ0v) is 9.91. The zero-order chi connectivity index (χ0) is 12.0. The third-order valence-corrected chi connectivity index (χ3v) is 2.33. The molecule has 2 heteroatoms. The number of para-hydroxylation sites is 1. The fourth-order valence-corrected chi connectivity index (χ4v) is 1.50. The van der Waals surface area contributed by atoms with Crippen molar-refractivity contribution in [2.24, 2.45) is 0 Å². The van der Waals surface area contributed by atoms with Crippen LogP contribution in [0.1, 0.15) is 20.8 Å². The molecule has 0 saturated carbocycles. The summed E-state index contributed by atoms with van der Waals surface area (Å²) in [6.45, 7) is 5.32. The molecule has 0 bridgehead atoms. The smallest absolute Gasteiger partial charge is 0.125 e. The molecule has 1 atom stereocenters. The van der Waals surface area contributed by atoms with Crippen LogP contribution in [0.25, 0.3) is 0 Å². The van der Waals surface area contributed by atoms with Crippen molar-refractivity contribution in [1.82, 2.24) is 0 Å². The molecule has 1 aromatic carbocycles. The fraction of sp³-hybridized carbons (Fsp3) is 0.286. The molecule has 86 valence electrons. The minimum absolute atomic E-state index is 0.231. The highest BCUT2D eigenvalue weighted by Gasteiger charge is 2.13. The zero-order valence-electron chi connectivity index (χ0n) is 9.91. The largest absolute Gasteiger partial charge is 0.486 e. The summed E-state index contributed by atoms with van der Waals surface area (Å²) < 4.78 is 19.1. The van der Waals surface area contributed by atoms with Gasteiger partial charge < -0.3 is 4.74 Å². The Hall–Kier alpha value is -1.57. The van der Waals surface area contributed by atoms with Crippen molar-refractivity contribution < 1.29 is 9.13 Å². The summed E-state index contributed by atoms with van der Waals surface area (Å²) in [5, 5.41) is 0. The first-order valence-corrected chi connectivity index (χ1v) is 5.39. The Kier molecular flexibility index (Phi) is 4.77. The standard InChI is InChI=1S/C14H17FO/c1-4-13(14(15)5-2)11(3)16-12-9-7-6-8-10-12/h4-11H,1-3H3. The van der Waals surface area contributed by atoms with Crippen molar-refractivity contribution in [2.45, 2.75) is 26.9 Å². The van der Waals surface area contributed by atoms with E-state index in [1.807, 2.05) is 44.2 Å². The molecule has 0 saturated heterocycles. The molecule has 0 heterocycles. The van der Waals surface area contributed by atoms with Crippen LogP contribution >= 0.6 is 0 Å². The molecule has 1 unspecified atom stereocenters. The average Bonchev–Trinajstić information content (AvgIpc) is 2.31. The van der Waals surface area contributed by atoms with Crippen molar-refractivity contribution in [3.05, 3.63) is 53.9 Å². The molecule has 0 N–H and O–H groups in total. The van der Waals surface area contributed by atoms with Crippen molar-refractivity contribution in [1.29, 1.82) is 0 Å². The van der Waals surface area contributed by atoms with Crippen LogP contribution in [-0.2, 0) is 0 Å².